The van der Waals surface area contributed by atoms with E-state index in [0.717, 1.165) is 11.1 Å². The van der Waals surface area contributed by atoms with Gasteiger partial charge in [-0.2, -0.15) is 0 Å². The van der Waals surface area contributed by atoms with E-state index in [1.54, 1.807) is 17.0 Å². The largest absolute Gasteiger partial charge is 0.461 e. The van der Waals surface area contributed by atoms with Gasteiger partial charge in [-0.05, 0) is 28.8 Å². The Morgan fingerprint density at radius 1 is 0.972 bits per heavy atom. The summed E-state index contributed by atoms with van der Waals surface area (Å²) < 4.78 is 28.9. The van der Waals surface area contributed by atoms with Gasteiger partial charge in [-0.1, -0.05) is 91.5 Å². The molecule has 2 N–H and O–H groups in total. The van der Waals surface area contributed by atoms with Crippen molar-refractivity contribution in [2.75, 3.05) is 6.61 Å². The molecule has 2 atom stereocenters. The van der Waals surface area contributed by atoms with Crippen LogP contribution < -0.4 is 5.14 Å². The number of carbonyl (C=O) groups excluding carboxylic acids is 2. The number of amides is 1. The Balaban J connectivity index is 1.86. The van der Waals surface area contributed by atoms with E-state index in [2.05, 4.69) is 6.58 Å². The average Bonchev–Trinajstić information content (AvgIpc) is 2.89. The van der Waals surface area contributed by atoms with Crippen molar-refractivity contribution in [1.82, 2.24) is 4.90 Å². The molecule has 7 nitrogen and oxygen atoms in total. The van der Waals surface area contributed by atoms with Crippen LogP contribution in [0.1, 0.15) is 22.6 Å². The number of rotatable bonds is 8. The molecule has 0 fully saturated rings. The number of hydrogen-bond donors (Lipinski definition) is 1. The Hall–Kier alpha value is -4.01. The molecular formula is C28H26N2O5S. The van der Waals surface area contributed by atoms with E-state index in [0.29, 0.717) is 11.3 Å². The van der Waals surface area contributed by atoms with Crippen LogP contribution in [0.25, 0.3) is 5.70 Å². The van der Waals surface area contributed by atoms with Crippen LogP contribution in [0.15, 0.2) is 109 Å². The van der Waals surface area contributed by atoms with E-state index in [1.807, 2.05) is 66.7 Å². The van der Waals surface area contributed by atoms with E-state index in [-0.39, 0.29) is 18.0 Å². The lowest BCUT2D eigenvalue weighted by Gasteiger charge is -2.37. The number of primary sulfonamides is 1. The fourth-order valence-electron chi connectivity index (χ4n) is 4.24. The highest BCUT2D eigenvalue weighted by molar-refractivity contribution is 7.89. The first-order chi connectivity index (χ1) is 17.3. The van der Waals surface area contributed by atoms with Gasteiger partial charge in [-0.15, -0.1) is 0 Å². The van der Waals surface area contributed by atoms with Crippen LogP contribution in [0.2, 0.25) is 0 Å². The van der Waals surface area contributed by atoms with Crippen molar-refractivity contribution < 1.29 is 22.7 Å². The van der Waals surface area contributed by atoms with E-state index in [4.69, 9.17) is 9.88 Å². The molecule has 0 saturated carbocycles. The monoisotopic (exact) mass is 502 g/mol. The number of nitrogens with zero attached hydrogens (tertiary/aromatic N) is 1. The Labute approximate surface area is 210 Å². The maximum absolute atomic E-state index is 14.0. The first kappa shape index (κ1) is 25.1. The fourth-order valence-corrected chi connectivity index (χ4v) is 4.75. The molecule has 0 bridgehead atoms. The molecule has 3 aromatic rings. The molecule has 36 heavy (non-hydrogen) atoms. The minimum Gasteiger partial charge on any atom is -0.461 e. The summed E-state index contributed by atoms with van der Waals surface area (Å²) in [6.07, 6.45) is 3.32. The normalized spacial score (nSPS) is 17.9. The number of nitrogens with two attached hydrogens (primary N) is 1. The predicted octanol–water partition coefficient (Wildman–Crippen LogP) is 3.85. The van der Waals surface area contributed by atoms with Crippen molar-refractivity contribution in [1.29, 1.82) is 0 Å². The third-order valence-corrected chi connectivity index (χ3v) is 6.89. The molecule has 8 heteroatoms. The van der Waals surface area contributed by atoms with Crippen molar-refractivity contribution in [2.45, 2.75) is 17.4 Å². The zero-order chi connectivity index (χ0) is 25.7. The van der Waals surface area contributed by atoms with Gasteiger partial charge in [0.15, 0.2) is 0 Å². The Morgan fingerprint density at radius 2 is 1.58 bits per heavy atom. The molecule has 4 rings (SSSR count). The minimum atomic E-state index is -3.88. The number of allylic oxidation sites excluding steroid dienone is 1. The van der Waals surface area contributed by atoms with Crippen molar-refractivity contribution in [3.8, 4) is 0 Å². The molecule has 0 aliphatic carbocycles. The van der Waals surface area contributed by atoms with Gasteiger partial charge in [0.25, 0.3) is 0 Å². The maximum Gasteiger partial charge on any atom is 0.319 e. The SMILES string of the molecule is C=CCOC(=O)C1C(=O)N(Cc2ccccc2)C(c2ccc(S(N)(=O)=O)cc2)=CC1c1ccccc1. The highest BCUT2D eigenvalue weighted by Crippen LogP contribution is 2.39. The number of benzene rings is 3. The van der Waals surface area contributed by atoms with E-state index >= 15 is 0 Å². The number of carbonyl (C=O) groups is 2. The van der Waals surface area contributed by atoms with Gasteiger partial charge in [0.1, 0.15) is 12.5 Å². The van der Waals surface area contributed by atoms with Crippen LogP contribution in [0.4, 0.5) is 0 Å². The molecule has 1 aliphatic heterocycles. The smallest absolute Gasteiger partial charge is 0.319 e. The second-order valence-corrected chi connectivity index (χ2v) is 9.93. The second-order valence-electron chi connectivity index (χ2n) is 8.36. The lowest BCUT2D eigenvalue weighted by molar-refractivity contribution is -0.155. The fraction of sp³-hybridized carbons (Fsp3) is 0.143. The molecule has 1 amide bonds. The van der Waals surface area contributed by atoms with Crippen LogP contribution in [0.5, 0.6) is 0 Å². The summed E-state index contributed by atoms with van der Waals surface area (Å²) in [5.41, 5.74) is 2.83. The van der Waals surface area contributed by atoms with Crippen LogP contribution >= 0.6 is 0 Å². The molecule has 1 aliphatic rings. The zero-order valence-electron chi connectivity index (χ0n) is 19.5. The van der Waals surface area contributed by atoms with Gasteiger partial charge in [0, 0.05) is 11.6 Å². The summed E-state index contributed by atoms with van der Waals surface area (Å²) in [5.74, 6) is -2.72. The number of sulfonamides is 1. The molecule has 1 heterocycles. The van der Waals surface area contributed by atoms with Crippen LogP contribution in [0, 0.1) is 5.92 Å². The van der Waals surface area contributed by atoms with Crippen molar-refractivity contribution in [3.05, 3.63) is 120 Å². The lowest BCUT2D eigenvalue weighted by atomic mass is 9.80. The van der Waals surface area contributed by atoms with Gasteiger partial charge in [0.05, 0.1) is 11.4 Å². The molecule has 0 spiro atoms. The lowest BCUT2D eigenvalue weighted by Crippen LogP contribution is -2.44. The Bertz CT molecular complexity index is 1380. The summed E-state index contributed by atoms with van der Waals surface area (Å²) in [4.78, 5) is 28.6. The zero-order valence-corrected chi connectivity index (χ0v) is 20.3. The van der Waals surface area contributed by atoms with E-state index < -0.39 is 33.7 Å². The summed E-state index contributed by atoms with van der Waals surface area (Å²) in [6, 6.07) is 24.7. The number of ether oxygens (including phenoxy) is 1. The molecular weight excluding hydrogens is 476 g/mol. The summed E-state index contributed by atoms with van der Waals surface area (Å²) in [5, 5.41) is 5.26. The highest BCUT2D eigenvalue weighted by atomic mass is 32.2. The third kappa shape index (κ3) is 5.45. The van der Waals surface area contributed by atoms with Gasteiger partial charge >= 0.3 is 5.97 Å². The summed E-state index contributed by atoms with van der Waals surface area (Å²) >= 11 is 0. The minimum absolute atomic E-state index is 0.00555. The molecule has 0 aromatic heterocycles. The molecule has 3 aromatic carbocycles. The topological polar surface area (TPSA) is 107 Å². The van der Waals surface area contributed by atoms with Crippen LogP contribution in [-0.2, 0) is 30.9 Å². The Morgan fingerprint density at radius 3 is 2.17 bits per heavy atom. The van der Waals surface area contributed by atoms with Gasteiger partial charge in [-0.25, -0.2) is 13.6 Å². The molecule has 2 unspecified atom stereocenters. The maximum atomic E-state index is 14.0. The first-order valence-electron chi connectivity index (χ1n) is 11.3. The predicted molar refractivity (Wildman–Crippen MR) is 137 cm³/mol. The molecule has 0 saturated heterocycles. The summed E-state index contributed by atoms with van der Waals surface area (Å²) in [7, 11) is -3.88. The second kappa shape index (κ2) is 10.7. The molecule has 184 valence electrons. The third-order valence-electron chi connectivity index (χ3n) is 5.96. The standard InChI is InChI=1S/C28H26N2O5S/c1-2-17-35-28(32)26-24(21-11-7-4-8-12-21)18-25(22-13-15-23(16-14-22)36(29,33)34)30(27(26)31)19-20-9-5-3-6-10-20/h2-16,18,24,26H,1,17,19H2,(H2,29,33,34). The van der Waals surface area contributed by atoms with E-state index in [1.165, 1.54) is 18.2 Å². The van der Waals surface area contributed by atoms with Crippen molar-refractivity contribution in [2.24, 2.45) is 11.1 Å². The van der Waals surface area contributed by atoms with Gasteiger partial charge in [0.2, 0.25) is 15.9 Å². The van der Waals surface area contributed by atoms with E-state index in [9.17, 15) is 18.0 Å². The first-order valence-corrected chi connectivity index (χ1v) is 12.9. The number of hydrogen-bond acceptors (Lipinski definition) is 5. The van der Waals surface area contributed by atoms with Crippen molar-refractivity contribution >= 4 is 27.6 Å². The Kier molecular flexibility index (Phi) is 7.47. The number of esters is 1. The molecule has 0 radical (unpaired) electrons. The van der Waals surface area contributed by atoms with Crippen LogP contribution in [0.3, 0.4) is 0 Å². The summed E-state index contributed by atoms with van der Waals surface area (Å²) in [6.45, 7) is 3.80. The van der Waals surface area contributed by atoms with Gasteiger partial charge in [-0.3, -0.25) is 9.59 Å². The van der Waals surface area contributed by atoms with Crippen molar-refractivity contribution in [3.63, 3.8) is 0 Å². The highest BCUT2D eigenvalue weighted by Gasteiger charge is 2.43. The van der Waals surface area contributed by atoms with Gasteiger partial charge < -0.3 is 9.64 Å². The average molecular weight is 503 g/mol. The quantitative estimate of drug-likeness (QED) is 0.286. The van der Waals surface area contributed by atoms with Crippen LogP contribution in [-0.4, -0.2) is 31.8 Å².